The van der Waals surface area contributed by atoms with Crippen LogP contribution in [0, 0.1) is 0 Å². The van der Waals surface area contributed by atoms with Gasteiger partial charge in [0.2, 0.25) is 0 Å². The van der Waals surface area contributed by atoms with Crippen LogP contribution in [0.2, 0.25) is 0 Å². The van der Waals surface area contributed by atoms with E-state index in [1.165, 1.54) is 0 Å². The SMILES string of the molecule is O=Cc1ccc(OC(=O)CCc2ccc(O)cc2)cc1. The molecule has 0 saturated heterocycles. The lowest BCUT2D eigenvalue weighted by molar-refractivity contribution is -0.134. The first kappa shape index (κ1) is 13.8. The van der Waals surface area contributed by atoms with Crippen molar-refractivity contribution >= 4 is 12.3 Å². The molecule has 0 aromatic heterocycles. The fraction of sp³-hybridized carbons (Fsp3) is 0.125. The van der Waals surface area contributed by atoms with E-state index in [1.54, 1.807) is 48.5 Å². The fourth-order valence-electron chi connectivity index (χ4n) is 1.71. The van der Waals surface area contributed by atoms with E-state index in [0.717, 1.165) is 11.8 Å². The summed E-state index contributed by atoms with van der Waals surface area (Å²) in [6.45, 7) is 0. The number of hydrogen-bond donors (Lipinski definition) is 1. The summed E-state index contributed by atoms with van der Waals surface area (Å²) in [5.74, 6) is 0.287. The first-order valence-corrected chi connectivity index (χ1v) is 6.21. The maximum atomic E-state index is 11.7. The molecule has 4 heteroatoms. The van der Waals surface area contributed by atoms with Crippen LogP contribution in [0.4, 0.5) is 0 Å². The van der Waals surface area contributed by atoms with Crippen LogP contribution in [-0.4, -0.2) is 17.4 Å². The Kier molecular flexibility index (Phi) is 4.50. The molecule has 2 rings (SSSR count). The Morgan fingerprint density at radius 1 is 1.05 bits per heavy atom. The summed E-state index contributed by atoms with van der Waals surface area (Å²) >= 11 is 0. The van der Waals surface area contributed by atoms with E-state index in [0.29, 0.717) is 17.7 Å². The molecule has 0 fully saturated rings. The highest BCUT2D eigenvalue weighted by molar-refractivity contribution is 5.76. The third-order valence-electron chi connectivity index (χ3n) is 2.80. The van der Waals surface area contributed by atoms with Crippen LogP contribution in [0.25, 0.3) is 0 Å². The van der Waals surface area contributed by atoms with Crippen LogP contribution >= 0.6 is 0 Å². The van der Waals surface area contributed by atoms with Gasteiger partial charge in [0.15, 0.2) is 0 Å². The molecule has 0 unspecified atom stereocenters. The quantitative estimate of drug-likeness (QED) is 0.515. The molecule has 0 saturated carbocycles. The molecule has 0 bridgehead atoms. The van der Waals surface area contributed by atoms with E-state index >= 15 is 0 Å². The number of rotatable bonds is 5. The lowest BCUT2D eigenvalue weighted by Gasteiger charge is -2.04. The molecule has 0 atom stereocenters. The van der Waals surface area contributed by atoms with Crippen LogP contribution in [0.5, 0.6) is 11.5 Å². The van der Waals surface area contributed by atoms with Crippen molar-refractivity contribution in [1.29, 1.82) is 0 Å². The van der Waals surface area contributed by atoms with Crippen molar-refractivity contribution in [2.75, 3.05) is 0 Å². The number of aryl methyl sites for hydroxylation is 1. The van der Waals surface area contributed by atoms with E-state index in [1.807, 2.05) is 0 Å². The number of aldehydes is 1. The summed E-state index contributed by atoms with van der Waals surface area (Å²) in [5, 5.41) is 9.16. The number of ether oxygens (including phenoxy) is 1. The van der Waals surface area contributed by atoms with Crippen LogP contribution in [0.3, 0.4) is 0 Å². The van der Waals surface area contributed by atoms with Crippen molar-refractivity contribution in [2.24, 2.45) is 0 Å². The molecule has 20 heavy (non-hydrogen) atoms. The predicted molar refractivity (Wildman–Crippen MR) is 73.9 cm³/mol. The minimum absolute atomic E-state index is 0.201. The summed E-state index contributed by atoms with van der Waals surface area (Å²) in [5.41, 5.74) is 1.49. The number of aromatic hydroxyl groups is 1. The Hall–Kier alpha value is -2.62. The van der Waals surface area contributed by atoms with Crippen LogP contribution in [-0.2, 0) is 11.2 Å². The summed E-state index contributed by atoms with van der Waals surface area (Å²) in [6.07, 6.45) is 1.53. The molecule has 2 aromatic rings. The second-order valence-electron chi connectivity index (χ2n) is 4.33. The van der Waals surface area contributed by atoms with Crippen LogP contribution in [0.1, 0.15) is 22.3 Å². The van der Waals surface area contributed by atoms with Gasteiger partial charge in [0.05, 0.1) is 0 Å². The summed E-state index contributed by atoms with van der Waals surface area (Å²) < 4.78 is 5.16. The molecule has 1 N–H and O–H groups in total. The molecule has 0 aliphatic heterocycles. The number of hydrogen-bond acceptors (Lipinski definition) is 4. The monoisotopic (exact) mass is 270 g/mol. The molecule has 0 aliphatic rings. The van der Waals surface area contributed by atoms with E-state index in [2.05, 4.69) is 0 Å². The second-order valence-corrected chi connectivity index (χ2v) is 4.33. The molecule has 0 aliphatic carbocycles. The van der Waals surface area contributed by atoms with Crippen molar-refractivity contribution < 1.29 is 19.4 Å². The average Bonchev–Trinajstić information content (AvgIpc) is 2.47. The van der Waals surface area contributed by atoms with Gasteiger partial charge in [-0.3, -0.25) is 9.59 Å². The van der Waals surface area contributed by atoms with Crippen molar-refractivity contribution in [3.8, 4) is 11.5 Å². The van der Waals surface area contributed by atoms with E-state index in [4.69, 9.17) is 9.84 Å². The van der Waals surface area contributed by atoms with Gasteiger partial charge >= 0.3 is 5.97 Å². The Balaban J connectivity index is 1.85. The molecular weight excluding hydrogens is 256 g/mol. The second kappa shape index (κ2) is 6.52. The topological polar surface area (TPSA) is 63.6 Å². The standard InChI is InChI=1S/C16H14O4/c17-11-13-3-8-15(9-4-13)20-16(19)10-5-12-1-6-14(18)7-2-12/h1-4,6-9,11,18H,5,10H2. The molecule has 2 aromatic carbocycles. The van der Waals surface area contributed by atoms with Crippen molar-refractivity contribution in [1.82, 2.24) is 0 Å². The molecule has 0 amide bonds. The van der Waals surface area contributed by atoms with E-state index in [9.17, 15) is 9.59 Å². The van der Waals surface area contributed by atoms with Gasteiger partial charge in [-0.05, 0) is 48.4 Å². The van der Waals surface area contributed by atoms with Crippen LogP contribution < -0.4 is 4.74 Å². The van der Waals surface area contributed by atoms with Gasteiger partial charge in [-0.2, -0.15) is 0 Å². The number of esters is 1. The zero-order valence-corrected chi connectivity index (χ0v) is 10.8. The Labute approximate surface area is 116 Å². The molecule has 0 spiro atoms. The first-order valence-electron chi connectivity index (χ1n) is 6.21. The third kappa shape index (κ3) is 3.95. The minimum Gasteiger partial charge on any atom is -0.508 e. The number of benzene rings is 2. The maximum Gasteiger partial charge on any atom is 0.311 e. The maximum absolute atomic E-state index is 11.7. The molecular formula is C16H14O4. The van der Waals surface area contributed by atoms with Gasteiger partial charge in [-0.15, -0.1) is 0 Å². The van der Waals surface area contributed by atoms with Crippen molar-refractivity contribution in [2.45, 2.75) is 12.8 Å². The number of phenols is 1. The van der Waals surface area contributed by atoms with Crippen molar-refractivity contribution in [3.05, 3.63) is 59.7 Å². The third-order valence-corrected chi connectivity index (χ3v) is 2.80. The Bertz CT molecular complexity index is 585. The van der Waals surface area contributed by atoms with Crippen LogP contribution in [0.15, 0.2) is 48.5 Å². The lowest BCUT2D eigenvalue weighted by atomic mass is 10.1. The van der Waals surface area contributed by atoms with Gasteiger partial charge < -0.3 is 9.84 Å². The lowest BCUT2D eigenvalue weighted by Crippen LogP contribution is -2.09. The smallest absolute Gasteiger partial charge is 0.311 e. The normalized spacial score (nSPS) is 10.0. The van der Waals surface area contributed by atoms with E-state index < -0.39 is 0 Å². The molecule has 102 valence electrons. The first-order chi connectivity index (χ1) is 9.67. The summed E-state index contributed by atoms with van der Waals surface area (Å²) in [4.78, 5) is 22.2. The highest BCUT2D eigenvalue weighted by atomic mass is 16.5. The van der Waals surface area contributed by atoms with Gasteiger partial charge in [-0.1, -0.05) is 12.1 Å². The van der Waals surface area contributed by atoms with Crippen molar-refractivity contribution in [3.63, 3.8) is 0 Å². The molecule has 0 radical (unpaired) electrons. The number of carbonyl (C=O) groups excluding carboxylic acids is 2. The fourth-order valence-corrected chi connectivity index (χ4v) is 1.71. The average molecular weight is 270 g/mol. The predicted octanol–water partition coefficient (Wildman–Crippen LogP) is 2.74. The zero-order chi connectivity index (χ0) is 14.4. The molecule has 0 heterocycles. The molecule has 4 nitrogen and oxygen atoms in total. The summed E-state index contributed by atoms with van der Waals surface area (Å²) in [6, 6.07) is 13.1. The Morgan fingerprint density at radius 3 is 2.30 bits per heavy atom. The minimum atomic E-state index is -0.336. The highest BCUT2D eigenvalue weighted by Crippen LogP contribution is 2.14. The van der Waals surface area contributed by atoms with Gasteiger partial charge in [0, 0.05) is 12.0 Å². The highest BCUT2D eigenvalue weighted by Gasteiger charge is 2.05. The van der Waals surface area contributed by atoms with E-state index in [-0.39, 0.29) is 18.1 Å². The Morgan fingerprint density at radius 2 is 1.70 bits per heavy atom. The van der Waals surface area contributed by atoms with Gasteiger partial charge in [0.1, 0.15) is 17.8 Å². The zero-order valence-electron chi connectivity index (χ0n) is 10.8. The largest absolute Gasteiger partial charge is 0.508 e. The van der Waals surface area contributed by atoms with Gasteiger partial charge in [0.25, 0.3) is 0 Å². The number of phenolic OH excluding ortho intramolecular Hbond substituents is 1. The van der Waals surface area contributed by atoms with Gasteiger partial charge in [-0.25, -0.2) is 0 Å². The summed E-state index contributed by atoms with van der Waals surface area (Å²) in [7, 11) is 0. The number of carbonyl (C=O) groups is 2.